The minimum atomic E-state index is -0.557. The second kappa shape index (κ2) is 7.93. The number of aliphatic hydroxyl groups is 1. The average Bonchev–Trinajstić information content (AvgIpc) is 3.35. The van der Waals surface area contributed by atoms with Gasteiger partial charge in [-0.3, -0.25) is 4.79 Å². The van der Waals surface area contributed by atoms with E-state index in [2.05, 4.69) is 0 Å². The first-order valence-electron chi connectivity index (χ1n) is 10.9. The zero-order valence-corrected chi connectivity index (χ0v) is 17.9. The Morgan fingerprint density at radius 2 is 1.68 bits per heavy atom. The molecule has 2 aromatic carbocycles. The highest BCUT2D eigenvalue weighted by Crippen LogP contribution is 2.40. The van der Waals surface area contributed by atoms with Gasteiger partial charge in [0.15, 0.2) is 11.5 Å². The van der Waals surface area contributed by atoms with E-state index in [9.17, 15) is 9.90 Å². The number of aryl methyl sites for hydroxylation is 1. The number of nitrogens with zero attached hydrogens (tertiary/aromatic N) is 2. The van der Waals surface area contributed by atoms with Gasteiger partial charge in [-0.15, -0.1) is 0 Å². The number of ether oxygens (including phenoxy) is 2. The number of methoxy groups -OCH3 is 1. The molecule has 1 saturated heterocycles. The van der Waals surface area contributed by atoms with Crippen LogP contribution in [-0.4, -0.2) is 52.9 Å². The zero-order valence-electron chi connectivity index (χ0n) is 17.9. The molecular formula is C25H28N2O4. The van der Waals surface area contributed by atoms with E-state index < -0.39 is 6.10 Å². The standard InChI is InChI=1S/C25H28N2O4/c1-26-15-19(18-7-3-4-8-20(18)26)25(29)27-13-16-11-21(28)24(12-17(16)14-27)31-23-10-6-5-9-22(23)30-2/h3-10,15-17,21,24,28H,11-14H2,1-2H3/t16-,17+,21+,24+/m0/s1. The molecule has 1 aliphatic heterocycles. The molecule has 1 saturated carbocycles. The largest absolute Gasteiger partial charge is 0.493 e. The van der Waals surface area contributed by atoms with Gasteiger partial charge in [0.05, 0.1) is 18.8 Å². The summed E-state index contributed by atoms with van der Waals surface area (Å²) in [5, 5.41) is 11.7. The summed E-state index contributed by atoms with van der Waals surface area (Å²) in [6.07, 6.45) is 2.44. The third-order valence-electron chi connectivity index (χ3n) is 6.85. The van der Waals surface area contributed by atoms with Crippen molar-refractivity contribution in [1.29, 1.82) is 0 Å². The van der Waals surface area contributed by atoms with Crippen LogP contribution in [0.3, 0.4) is 0 Å². The third kappa shape index (κ3) is 3.55. The Bertz CT molecular complexity index is 1110. The van der Waals surface area contributed by atoms with Gasteiger partial charge in [-0.1, -0.05) is 30.3 Å². The van der Waals surface area contributed by atoms with Crippen molar-refractivity contribution < 1.29 is 19.4 Å². The quantitative estimate of drug-likeness (QED) is 0.702. The molecule has 2 heterocycles. The fraction of sp³-hybridized carbons (Fsp3) is 0.400. The van der Waals surface area contributed by atoms with Crippen molar-refractivity contribution in [2.24, 2.45) is 18.9 Å². The Labute approximate surface area is 182 Å². The van der Waals surface area contributed by atoms with Gasteiger partial charge >= 0.3 is 0 Å². The third-order valence-corrected chi connectivity index (χ3v) is 6.85. The summed E-state index contributed by atoms with van der Waals surface area (Å²) in [4.78, 5) is 15.3. The number of aliphatic hydroxyl groups excluding tert-OH is 1. The molecule has 162 valence electrons. The summed E-state index contributed by atoms with van der Waals surface area (Å²) in [6.45, 7) is 1.39. The van der Waals surface area contributed by atoms with Gasteiger partial charge in [0.25, 0.3) is 5.91 Å². The Morgan fingerprint density at radius 1 is 1.00 bits per heavy atom. The van der Waals surface area contributed by atoms with Gasteiger partial charge in [0.2, 0.25) is 0 Å². The van der Waals surface area contributed by atoms with Gasteiger partial charge in [-0.2, -0.15) is 0 Å². The van der Waals surface area contributed by atoms with E-state index in [0.717, 1.165) is 22.9 Å². The van der Waals surface area contributed by atoms with E-state index in [-0.39, 0.29) is 12.0 Å². The van der Waals surface area contributed by atoms with Gasteiger partial charge in [-0.25, -0.2) is 0 Å². The van der Waals surface area contributed by atoms with Gasteiger partial charge in [0.1, 0.15) is 6.10 Å². The second-order valence-electron chi connectivity index (χ2n) is 8.75. The number of hydrogen-bond donors (Lipinski definition) is 1. The van der Waals surface area contributed by atoms with Crippen LogP contribution in [0, 0.1) is 11.8 Å². The molecular weight excluding hydrogens is 392 g/mol. The van der Waals surface area contributed by atoms with Crippen molar-refractivity contribution in [3.8, 4) is 11.5 Å². The molecule has 1 aliphatic carbocycles. The number of rotatable bonds is 4. The van der Waals surface area contributed by atoms with Crippen molar-refractivity contribution in [2.45, 2.75) is 25.0 Å². The van der Waals surface area contributed by atoms with Crippen LogP contribution in [0.4, 0.5) is 0 Å². The lowest BCUT2D eigenvalue weighted by Crippen LogP contribution is -2.42. The molecule has 1 N–H and O–H groups in total. The van der Waals surface area contributed by atoms with Gasteiger partial charge in [0, 0.05) is 37.2 Å². The fourth-order valence-electron chi connectivity index (χ4n) is 5.24. The molecule has 4 atom stereocenters. The molecule has 0 spiro atoms. The molecule has 0 radical (unpaired) electrons. The number of aromatic nitrogens is 1. The summed E-state index contributed by atoms with van der Waals surface area (Å²) >= 11 is 0. The Hall–Kier alpha value is -2.99. The summed E-state index contributed by atoms with van der Waals surface area (Å²) in [5.41, 5.74) is 1.81. The topological polar surface area (TPSA) is 63.9 Å². The van der Waals surface area contributed by atoms with Gasteiger partial charge < -0.3 is 24.0 Å². The van der Waals surface area contributed by atoms with Crippen molar-refractivity contribution in [3.05, 3.63) is 60.3 Å². The molecule has 6 nitrogen and oxygen atoms in total. The van der Waals surface area contributed by atoms with Crippen LogP contribution in [0.1, 0.15) is 23.2 Å². The van der Waals surface area contributed by atoms with E-state index in [1.54, 1.807) is 7.11 Å². The molecule has 0 unspecified atom stereocenters. The lowest BCUT2D eigenvalue weighted by Gasteiger charge is -2.35. The number of fused-ring (bicyclic) bond motifs is 2. The number of amides is 1. The first kappa shape index (κ1) is 19.9. The monoisotopic (exact) mass is 420 g/mol. The first-order valence-corrected chi connectivity index (χ1v) is 10.9. The van der Waals surface area contributed by atoms with Crippen LogP contribution < -0.4 is 9.47 Å². The van der Waals surface area contributed by atoms with Crippen LogP contribution in [0.5, 0.6) is 11.5 Å². The normalized spacial score (nSPS) is 25.5. The lowest BCUT2D eigenvalue weighted by molar-refractivity contribution is -0.0240. The van der Waals surface area contributed by atoms with E-state index in [4.69, 9.17) is 9.47 Å². The number of carbonyl (C=O) groups excluding carboxylic acids is 1. The summed E-state index contributed by atoms with van der Waals surface area (Å²) < 4.78 is 13.5. The number of hydrogen-bond acceptors (Lipinski definition) is 4. The predicted molar refractivity (Wildman–Crippen MR) is 118 cm³/mol. The molecule has 5 rings (SSSR count). The second-order valence-corrected chi connectivity index (χ2v) is 8.75. The minimum absolute atomic E-state index is 0.0721. The van der Waals surface area contributed by atoms with E-state index in [1.807, 2.05) is 71.2 Å². The molecule has 31 heavy (non-hydrogen) atoms. The van der Waals surface area contributed by atoms with Crippen molar-refractivity contribution in [1.82, 2.24) is 9.47 Å². The van der Waals surface area contributed by atoms with Crippen LogP contribution in [0.25, 0.3) is 10.9 Å². The van der Waals surface area contributed by atoms with Gasteiger partial charge in [-0.05, 0) is 42.9 Å². The highest BCUT2D eigenvalue weighted by molar-refractivity contribution is 6.07. The Morgan fingerprint density at radius 3 is 2.45 bits per heavy atom. The summed E-state index contributed by atoms with van der Waals surface area (Å²) in [6, 6.07) is 15.5. The maximum atomic E-state index is 13.4. The number of para-hydroxylation sites is 3. The van der Waals surface area contributed by atoms with E-state index >= 15 is 0 Å². The predicted octanol–water partition coefficient (Wildman–Crippen LogP) is 3.48. The maximum Gasteiger partial charge on any atom is 0.256 e. The van der Waals surface area contributed by atoms with Crippen LogP contribution in [-0.2, 0) is 7.05 Å². The average molecular weight is 421 g/mol. The SMILES string of the molecule is COc1ccccc1O[C@@H]1C[C@@H]2CN(C(=O)c3cn(C)c4ccccc34)C[C@@H]2C[C@H]1O. The van der Waals surface area contributed by atoms with Crippen molar-refractivity contribution in [3.63, 3.8) is 0 Å². The number of benzene rings is 2. The van der Waals surface area contributed by atoms with E-state index in [0.29, 0.717) is 42.8 Å². The zero-order chi connectivity index (χ0) is 21.5. The van der Waals surface area contributed by atoms with E-state index in [1.165, 1.54) is 0 Å². The number of likely N-dealkylation sites (tertiary alicyclic amines) is 1. The molecule has 6 heteroatoms. The van der Waals surface area contributed by atoms with Crippen LogP contribution >= 0.6 is 0 Å². The minimum Gasteiger partial charge on any atom is -0.493 e. The van der Waals surface area contributed by atoms with Crippen molar-refractivity contribution in [2.75, 3.05) is 20.2 Å². The highest BCUT2D eigenvalue weighted by atomic mass is 16.5. The maximum absolute atomic E-state index is 13.4. The van der Waals surface area contributed by atoms with Crippen molar-refractivity contribution >= 4 is 16.8 Å². The molecule has 0 bridgehead atoms. The molecule has 2 aliphatic rings. The molecule has 3 aromatic rings. The number of carbonyl (C=O) groups is 1. The molecule has 1 amide bonds. The fourth-order valence-corrected chi connectivity index (χ4v) is 5.24. The molecule has 1 aromatic heterocycles. The Balaban J connectivity index is 1.32. The lowest BCUT2D eigenvalue weighted by atomic mass is 9.78. The first-order chi connectivity index (χ1) is 15.0. The smallest absolute Gasteiger partial charge is 0.256 e. The Kier molecular flexibility index (Phi) is 5.10. The van der Waals surface area contributed by atoms with Crippen LogP contribution in [0.2, 0.25) is 0 Å². The summed E-state index contributed by atoms with van der Waals surface area (Å²) in [7, 11) is 3.59. The highest BCUT2D eigenvalue weighted by Gasteiger charge is 2.44. The molecule has 2 fully saturated rings. The van der Waals surface area contributed by atoms with Crippen LogP contribution in [0.15, 0.2) is 54.7 Å². The summed E-state index contributed by atoms with van der Waals surface area (Å²) in [5.74, 6) is 2.00.